The lowest BCUT2D eigenvalue weighted by atomic mass is 10.1. The van der Waals surface area contributed by atoms with Gasteiger partial charge in [0.25, 0.3) is 5.91 Å². The zero-order valence-electron chi connectivity index (χ0n) is 16.1. The normalized spacial score (nSPS) is 10.6. The van der Waals surface area contributed by atoms with Gasteiger partial charge in [-0.15, -0.1) is 10.2 Å². The number of amides is 1. The summed E-state index contributed by atoms with van der Waals surface area (Å²) in [6.45, 7) is 1.86. The number of hydrogen-bond acceptors (Lipinski definition) is 5. The van der Waals surface area contributed by atoms with Gasteiger partial charge >= 0.3 is 0 Å². The van der Waals surface area contributed by atoms with Crippen LogP contribution < -0.4 is 10.1 Å². The van der Waals surface area contributed by atoms with Gasteiger partial charge in [-0.3, -0.25) is 4.79 Å². The van der Waals surface area contributed by atoms with Crippen LogP contribution in [0.25, 0.3) is 22.9 Å². The van der Waals surface area contributed by atoms with E-state index in [9.17, 15) is 4.79 Å². The molecule has 3 aromatic carbocycles. The number of aryl methyl sites for hydroxylation is 1. The summed E-state index contributed by atoms with van der Waals surface area (Å²) >= 11 is 6.02. The second kappa shape index (κ2) is 8.80. The molecule has 0 aliphatic heterocycles. The van der Waals surface area contributed by atoms with Gasteiger partial charge in [0.1, 0.15) is 5.75 Å². The van der Waals surface area contributed by atoms with Crippen LogP contribution in [0.5, 0.6) is 5.75 Å². The first-order valence-corrected chi connectivity index (χ1v) is 9.64. The zero-order chi connectivity index (χ0) is 20.9. The fraction of sp³-hybridized carbons (Fsp3) is 0.0870. The first-order chi connectivity index (χ1) is 14.6. The lowest BCUT2D eigenvalue weighted by Gasteiger charge is -2.08. The number of nitrogens with zero attached hydrogens (tertiary/aromatic N) is 2. The largest absolute Gasteiger partial charge is 0.482 e. The summed E-state index contributed by atoms with van der Waals surface area (Å²) in [6, 6.07) is 22.0. The number of hydrogen-bond donors (Lipinski definition) is 1. The van der Waals surface area contributed by atoms with Crippen molar-refractivity contribution in [2.45, 2.75) is 6.92 Å². The van der Waals surface area contributed by atoms with Crippen LogP contribution in [0.15, 0.2) is 77.2 Å². The highest BCUT2D eigenvalue weighted by molar-refractivity contribution is 6.32. The molecule has 0 aliphatic rings. The molecule has 1 heterocycles. The van der Waals surface area contributed by atoms with E-state index in [1.807, 2.05) is 31.2 Å². The molecule has 1 N–H and O–H groups in total. The Kier molecular flexibility index (Phi) is 5.77. The number of benzene rings is 3. The van der Waals surface area contributed by atoms with Crippen molar-refractivity contribution in [1.82, 2.24) is 10.2 Å². The highest BCUT2D eigenvalue weighted by Crippen LogP contribution is 2.26. The quantitative estimate of drug-likeness (QED) is 0.453. The van der Waals surface area contributed by atoms with Crippen LogP contribution in [-0.2, 0) is 4.79 Å². The monoisotopic (exact) mass is 419 g/mol. The van der Waals surface area contributed by atoms with Gasteiger partial charge in [0.05, 0.1) is 5.02 Å². The summed E-state index contributed by atoms with van der Waals surface area (Å²) in [7, 11) is 0. The Labute approximate surface area is 178 Å². The van der Waals surface area contributed by atoms with E-state index in [-0.39, 0.29) is 12.5 Å². The van der Waals surface area contributed by atoms with E-state index in [0.717, 1.165) is 16.7 Å². The summed E-state index contributed by atoms with van der Waals surface area (Å²) in [5.74, 6) is 1.04. The number of rotatable bonds is 6. The van der Waals surface area contributed by atoms with Gasteiger partial charge in [-0.1, -0.05) is 41.4 Å². The number of carbonyl (C=O) groups excluding carboxylic acids is 1. The highest BCUT2D eigenvalue weighted by atomic mass is 35.5. The molecule has 7 heteroatoms. The molecule has 6 nitrogen and oxygen atoms in total. The zero-order valence-corrected chi connectivity index (χ0v) is 16.9. The second-order valence-corrected chi connectivity index (χ2v) is 7.03. The van der Waals surface area contributed by atoms with Crippen LogP contribution in [0, 0.1) is 6.92 Å². The Balaban J connectivity index is 1.38. The SMILES string of the molecule is Cc1cccc(-c2nnc(-c3ccc(NC(=O)COc4ccccc4Cl)cc3)o2)c1. The molecule has 0 saturated heterocycles. The van der Waals surface area contributed by atoms with Crippen molar-refractivity contribution >= 4 is 23.2 Å². The van der Waals surface area contributed by atoms with Crippen LogP contribution in [0.4, 0.5) is 5.69 Å². The van der Waals surface area contributed by atoms with Crippen LogP contribution in [-0.4, -0.2) is 22.7 Å². The van der Waals surface area contributed by atoms with Crippen molar-refractivity contribution in [2.75, 3.05) is 11.9 Å². The Hall–Kier alpha value is -3.64. The minimum atomic E-state index is -0.290. The summed E-state index contributed by atoms with van der Waals surface area (Å²) in [4.78, 5) is 12.1. The van der Waals surface area contributed by atoms with Gasteiger partial charge in [0, 0.05) is 16.8 Å². The molecule has 0 unspecified atom stereocenters. The minimum Gasteiger partial charge on any atom is -0.482 e. The molecule has 0 aliphatic carbocycles. The van der Waals surface area contributed by atoms with E-state index in [2.05, 4.69) is 15.5 Å². The topological polar surface area (TPSA) is 77.2 Å². The van der Waals surface area contributed by atoms with Crippen LogP contribution in [0.1, 0.15) is 5.56 Å². The predicted octanol–water partition coefficient (Wildman–Crippen LogP) is 5.38. The van der Waals surface area contributed by atoms with Crippen molar-refractivity contribution in [3.63, 3.8) is 0 Å². The molecule has 4 aromatic rings. The lowest BCUT2D eigenvalue weighted by molar-refractivity contribution is -0.118. The van der Waals surface area contributed by atoms with Crippen molar-refractivity contribution < 1.29 is 13.9 Å². The third kappa shape index (κ3) is 4.67. The maximum atomic E-state index is 12.1. The average Bonchev–Trinajstić information content (AvgIpc) is 3.24. The number of carbonyl (C=O) groups is 1. The van der Waals surface area contributed by atoms with Crippen molar-refractivity contribution in [3.8, 4) is 28.7 Å². The van der Waals surface area contributed by atoms with Gasteiger partial charge in [-0.25, -0.2) is 0 Å². The number of nitrogens with one attached hydrogen (secondary N) is 1. The molecule has 30 heavy (non-hydrogen) atoms. The maximum Gasteiger partial charge on any atom is 0.262 e. The molecule has 0 saturated carbocycles. The molecular weight excluding hydrogens is 402 g/mol. The van der Waals surface area contributed by atoms with E-state index >= 15 is 0 Å². The molecular formula is C23H18ClN3O3. The van der Waals surface area contributed by atoms with Gasteiger partial charge in [0.15, 0.2) is 6.61 Å². The molecule has 150 valence electrons. The Morgan fingerprint density at radius 1 is 0.967 bits per heavy atom. The lowest BCUT2D eigenvalue weighted by Crippen LogP contribution is -2.20. The number of ether oxygens (including phenoxy) is 1. The van der Waals surface area contributed by atoms with E-state index in [1.54, 1.807) is 48.5 Å². The molecule has 0 atom stereocenters. The standard InChI is InChI=1S/C23H18ClN3O3/c1-15-5-4-6-17(13-15)23-27-26-22(30-23)16-9-11-18(12-10-16)25-21(28)14-29-20-8-3-2-7-19(20)24/h2-13H,14H2,1H3,(H,25,28). The van der Waals surface area contributed by atoms with E-state index in [1.165, 1.54) is 0 Å². The van der Waals surface area contributed by atoms with E-state index in [4.69, 9.17) is 20.8 Å². The van der Waals surface area contributed by atoms with Crippen LogP contribution in [0.2, 0.25) is 5.02 Å². The minimum absolute atomic E-state index is 0.144. The van der Waals surface area contributed by atoms with E-state index < -0.39 is 0 Å². The van der Waals surface area contributed by atoms with Crippen LogP contribution >= 0.6 is 11.6 Å². The fourth-order valence-corrected chi connectivity index (χ4v) is 3.02. The Morgan fingerprint density at radius 2 is 1.70 bits per heavy atom. The summed E-state index contributed by atoms with van der Waals surface area (Å²) < 4.78 is 11.2. The third-order valence-corrected chi connectivity index (χ3v) is 4.61. The van der Waals surface area contributed by atoms with Crippen molar-refractivity contribution in [1.29, 1.82) is 0 Å². The molecule has 1 amide bonds. The molecule has 0 radical (unpaired) electrons. The van der Waals surface area contributed by atoms with Crippen LogP contribution in [0.3, 0.4) is 0 Å². The molecule has 4 rings (SSSR count). The van der Waals surface area contributed by atoms with Gasteiger partial charge in [-0.2, -0.15) is 0 Å². The number of halogens is 1. The van der Waals surface area contributed by atoms with Crippen molar-refractivity contribution in [3.05, 3.63) is 83.4 Å². The number of aromatic nitrogens is 2. The molecule has 1 aromatic heterocycles. The first kappa shape index (κ1) is 19.7. The molecule has 0 fully saturated rings. The molecule has 0 spiro atoms. The van der Waals surface area contributed by atoms with E-state index in [0.29, 0.717) is 28.2 Å². The second-order valence-electron chi connectivity index (χ2n) is 6.63. The summed E-state index contributed by atoms with van der Waals surface area (Å²) in [5.41, 5.74) is 3.37. The number of anilines is 1. The van der Waals surface area contributed by atoms with Gasteiger partial charge < -0.3 is 14.5 Å². The Morgan fingerprint density at radius 3 is 2.43 bits per heavy atom. The summed E-state index contributed by atoms with van der Waals surface area (Å²) in [6.07, 6.45) is 0. The smallest absolute Gasteiger partial charge is 0.262 e. The third-order valence-electron chi connectivity index (χ3n) is 4.30. The highest BCUT2D eigenvalue weighted by Gasteiger charge is 2.11. The van der Waals surface area contributed by atoms with Crippen molar-refractivity contribution in [2.24, 2.45) is 0 Å². The van der Waals surface area contributed by atoms with Gasteiger partial charge in [-0.05, 0) is 55.5 Å². The fourth-order valence-electron chi connectivity index (χ4n) is 2.83. The molecule has 0 bridgehead atoms. The first-order valence-electron chi connectivity index (χ1n) is 9.27. The number of para-hydroxylation sites is 1. The maximum absolute atomic E-state index is 12.1. The van der Waals surface area contributed by atoms with Gasteiger partial charge in [0.2, 0.25) is 11.8 Å². The Bertz CT molecular complexity index is 1170. The predicted molar refractivity (Wildman–Crippen MR) is 115 cm³/mol. The summed E-state index contributed by atoms with van der Waals surface area (Å²) in [5, 5.41) is 11.5. The average molecular weight is 420 g/mol.